The van der Waals surface area contributed by atoms with Crippen molar-refractivity contribution >= 4 is 16.0 Å². The summed E-state index contributed by atoms with van der Waals surface area (Å²) in [6.45, 7) is 1.58. The lowest BCUT2D eigenvalue weighted by Gasteiger charge is -2.31. The average Bonchev–Trinajstić information content (AvgIpc) is 3.17. The predicted octanol–water partition coefficient (Wildman–Crippen LogP) is 2.71. The number of rotatable bonds is 6. The maximum atomic E-state index is 13.4. The molecule has 4 rings (SSSR count). The van der Waals surface area contributed by atoms with Crippen molar-refractivity contribution in [2.24, 2.45) is 5.92 Å². The molecule has 1 aliphatic carbocycles. The second kappa shape index (κ2) is 8.96. The van der Waals surface area contributed by atoms with Crippen molar-refractivity contribution < 1.29 is 36.2 Å². The van der Waals surface area contributed by atoms with Gasteiger partial charge in [-0.05, 0) is 47.2 Å². The molecular formula is C22H23F3N2O5S. The number of nitrogens with zero attached hydrogens (tertiary/aromatic N) is 1. The van der Waals surface area contributed by atoms with Gasteiger partial charge in [0, 0.05) is 26.2 Å². The fraction of sp³-hybridized carbons (Fsp3) is 0.409. The van der Waals surface area contributed by atoms with Crippen molar-refractivity contribution in [3.63, 3.8) is 0 Å². The van der Waals surface area contributed by atoms with Crippen molar-refractivity contribution in [2.45, 2.75) is 24.5 Å². The maximum absolute atomic E-state index is 13.4. The fourth-order valence-electron chi connectivity index (χ4n) is 4.55. The Morgan fingerprint density at radius 1 is 1.12 bits per heavy atom. The highest BCUT2D eigenvalue weighted by atomic mass is 32.2. The van der Waals surface area contributed by atoms with Gasteiger partial charge in [0.2, 0.25) is 10.0 Å². The second-order valence-electron chi connectivity index (χ2n) is 8.12. The van der Waals surface area contributed by atoms with Crippen molar-refractivity contribution in [1.82, 2.24) is 9.62 Å². The number of fused-ring (bicyclic) bond motifs is 1. The Hall–Kier alpha value is -2.63. The first-order chi connectivity index (χ1) is 15.6. The van der Waals surface area contributed by atoms with Crippen LogP contribution in [0.25, 0.3) is 0 Å². The van der Waals surface area contributed by atoms with Crippen LogP contribution in [0.4, 0.5) is 13.2 Å². The van der Waals surface area contributed by atoms with Crippen LogP contribution in [0, 0.1) is 5.92 Å². The zero-order chi connectivity index (χ0) is 23.8. The van der Waals surface area contributed by atoms with Crippen LogP contribution >= 0.6 is 0 Å². The van der Waals surface area contributed by atoms with Gasteiger partial charge in [0.05, 0.1) is 5.92 Å². The topological polar surface area (TPSA) is 95.9 Å². The number of benzene rings is 2. The van der Waals surface area contributed by atoms with Crippen LogP contribution in [0.15, 0.2) is 42.5 Å². The van der Waals surface area contributed by atoms with E-state index in [1.54, 1.807) is 18.2 Å². The van der Waals surface area contributed by atoms with E-state index in [0.717, 1.165) is 5.56 Å². The number of carbonyl (C=O) groups is 1. The maximum Gasteiger partial charge on any atom is 0.573 e. The van der Waals surface area contributed by atoms with E-state index in [9.17, 15) is 31.5 Å². The molecule has 1 saturated heterocycles. The summed E-state index contributed by atoms with van der Waals surface area (Å²) in [7, 11) is -3.89. The summed E-state index contributed by atoms with van der Waals surface area (Å²) in [4.78, 5) is 12.0. The molecule has 0 saturated carbocycles. The summed E-state index contributed by atoms with van der Waals surface area (Å²) >= 11 is 0. The monoisotopic (exact) mass is 484 g/mol. The Morgan fingerprint density at radius 2 is 1.79 bits per heavy atom. The van der Waals surface area contributed by atoms with Gasteiger partial charge in [-0.2, -0.15) is 4.31 Å². The third kappa shape index (κ3) is 4.99. The molecule has 2 aromatic carbocycles. The number of carboxylic acid groups (broad SMARTS) is 1. The minimum absolute atomic E-state index is 0.0755. The Kier molecular flexibility index (Phi) is 6.39. The molecule has 11 heteroatoms. The van der Waals surface area contributed by atoms with Crippen LogP contribution in [-0.2, 0) is 27.7 Å². The van der Waals surface area contributed by atoms with Gasteiger partial charge >= 0.3 is 12.3 Å². The second-order valence-corrected chi connectivity index (χ2v) is 10.2. The number of halogens is 3. The highest BCUT2D eigenvalue weighted by molar-refractivity contribution is 7.89. The van der Waals surface area contributed by atoms with E-state index in [-0.39, 0.29) is 25.3 Å². The van der Waals surface area contributed by atoms with Crippen molar-refractivity contribution in [3.8, 4) is 5.75 Å². The highest BCUT2D eigenvalue weighted by Gasteiger charge is 2.48. The minimum Gasteiger partial charge on any atom is -0.481 e. The zero-order valence-electron chi connectivity index (χ0n) is 17.5. The molecule has 1 fully saturated rings. The van der Waals surface area contributed by atoms with Crippen LogP contribution in [-0.4, -0.2) is 56.3 Å². The lowest BCUT2D eigenvalue weighted by Crippen LogP contribution is -2.48. The number of piperazine rings is 1. The van der Waals surface area contributed by atoms with E-state index in [1.165, 1.54) is 28.6 Å². The summed E-state index contributed by atoms with van der Waals surface area (Å²) in [5.74, 6) is -2.62. The fourth-order valence-corrected chi connectivity index (χ4v) is 6.73. The van der Waals surface area contributed by atoms with Gasteiger partial charge in [0.1, 0.15) is 11.0 Å². The number of nitrogens with one attached hydrogen (secondary N) is 1. The summed E-state index contributed by atoms with van der Waals surface area (Å²) in [6.07, 6.45) is -4.38. The molecule has 1 aliphatic heterocycles. The van der Waals surface area contributed by atoms with Crippen molar-refractivity contribution in [1.29, 1.82) is 0 Å². The molecule has 1 heterocycles. The summed E-state index contributed by atoms with van der Waals surface area (Å²) in [5.41, 5.74) is 2.60. The minimum atomic E-state index is -4.78. The molecule has 0 bridgehead atoms. The van der Waals surface area contributed by atoms with Gasteiger partial charge in [0.25, 0.3) is 0 Å². The smallest absolute Gasteiger partial charge is 0.481 e. The lowest BCUT2D eigenvalue weighted by molar-refractivity contribution is -0.274. The number of carboxylic acids is 1. The summed E-state index contributed by atoms with van der Waals surface area (Å²) in [6, 6.07) is 10.6. The Labute approximate surface area is 189 Å². The third-order valence-corrected chi connectivity index (χ3v) is 8.34. The first-order valence-corrected chi connectivity index (χ1v) is 11.9. The van der Waals surface area contributed by atoms with E-state index in [0.29, 0.717) is 36.2 Å². The van der Waals surface area contributed by atoms with Crippen molar-refractivity contribution in [3.05, 3.63) is 64.7 Å². The number of alkyl halides is 3. The van der Waals surface area contributed by atoms with E-state index in [1.807, 2.05) is 0 Å². The van der Waals surface area contributed by atoms with Crippen LogP contribution < -0.4 is 10.1 Å². The van der Waals surface area contributed by atoms with E-state index < -0.39 is 33.5 Å². The van der Waals surface area contributed by atoms with Gasteiger partial charge in [-0.3, -0.25) is 4.79 Å². The van der Waals surface area contributed by atoms with Crippen LogP contribution in [0.3, 0.4) is 0 Å². The predicted molar refractivity (Wildman–Crippen MR) is 113 cm³/mol. The number of sulfonamides is 1. The Morgan fingerprint density at radius 3 is 2.39 bits per heavy atom. The van der Waals surface area contributed by atoms with Gasteiger partial charge in [-0.15, -0.1) is 13.2 Å². The van der Waals surface area contributed by atoms with Gasteiger partial charge in [-0.25, -0.2) is 8.42 Å². The Balaban J connectivity index is 1.64. The van der Waals surface area contributed by atoms with E-state index >= 15 is 0 Å². The number of aliphatic carboxylic acids is 1. The van der Waals surface area contributed by atoms with E-state index in [4.69, 9.17) is 0 Å². The quantitative estimate of drug-likeness (QED) is 0.655. The molecule has 2 N–H and O–H groups in total. The third-order valence-electron chi connectivity index (χ3n) is 6.03. The van der Waals surface area contributed by atoms with Gasteiger partial charge in [0.15, 0.2) is 0 Å². The first kappa shape index (κ1) is 23.5. The van der Waals surface area contributed by atoms with Crippen LogP contribution in [0.1, 0.15) is 27.5 Å². The van der Waals surface area contributed by atoms with Gasteiger partial charge < -0.3 is 15.2 Å². The summed E-state index contributed by atoms with van der Waals surface area (Å²) in [5, 5.41) is 11.7. The molecule has 178 valence electrons. The number of hydrogen-bond donors (Lipinski definition) is 2. The highest BCUT2D eigenvalue weighted by Crippen LogP contribution is 2.45. The molecule has 0 amide bonds. The van der Waals surface area contributed by atoms with Crippen molar-refractivity contribution in [2.75, 3.05) is 26.2 Å². The normalized spacial score (nSPS) is 21.5. The molecule has 2 unspecified atom stereocenters. The molecule has 2 aromatic rings. The number of ether oxygens (including phenoxy) is 1. The zero-order valence-corrected chi connectivity index (χ0v) is 18.3. The lowest BCUT2D eigenvalue weighted by atomic mass is 9.97. The van der Waals surface area contributed by atoms with Gasteiger partial charge in [-0.1, -0.05) is 30.3 Å². The average molecular weight is 484 g/mol. The van der Waals surface area contributed by atoms with Crippen LogP contribution in [0.2, 0.25) is 0 Å². The largest absolute Gasteiger partial charge is 0.573 e. The summed E-state index contributed by atoms with van der Waals surface area (Å²) < 4.78 is 69.2. The number of hydrogen-bond acceptors (Lipinski definition) is 5. The standard InChI is InChI=1S/C22H23F3N2O5S/c23-22(24,25)32-16-6-4-14(5-7-16)12-15-2-1-3-17-18(15)13-19(21(28)29)20(17)33(30,31)27-10-8-26-9-11-27/h1-7,19-20,26H,8-13H2,(H,28,29). The van der Waals surface area contributed by atoms with Crippen LogP contribution in [0.5, 0.6) is 5.75 Å². The Bertz CT molecular complexity index is 1130. The molecule has 0 spiro atoms. The SMILES string of the molecule is O=C(O)C1Cc2c(Cc3ccc(OC(F)(F)F)cc3)cccc2C1S(=O)(=O)N1CCNCC1. The first-order valence-electron chi connectivity index (χ1n) is 10.4. The molecule has 0 aromatic heterocycles. The molecule has 2 aliphatic rings. The molecule has 2 atom stereocenters. The molecular weight excluding hydrogens is 461 g/mol. The molecule has 0 radical (unpaired) electrons. The van der Waals surface area contributed by atoms with E-state index in [2.05, 4.69) is 10.1 Å². The molecule has 7 nitrogen and oxygen atoms in total. The molecule has 33 heavy (non-hydrogen) atoms.